The van der Waals surface area contributed by atoms with Crippen LogP contribution in [0.5, 0.6) is 0 Å². The van der Waals surface area contributed by atoms with Crippen molar-refractivity contribution in [1.29, 1.82) is 0 Å². The molecule has 0 unspecified atom stereocenters. The fourth-order valence-corrected chi connectivity index (χ4v) is 0.755. The Balaban J connectivity index is 0.000000605. The Morgan fingerprint density at radius 2 is 2.27 bits per heavy atom. The average molecular weight is 154 g/mol. The first-order valence-electron chi connectivity index (χ1n) is 2.73. The topological polar surface area (TPSA) is 95.3 Å². The van der Waals surface area contributed by atoms with Crippen LogP contribution < -0.4 is 0 Å². The van der Waals surface area contributed by atoms with Crippen molar-refractivity contribution in [2.45, 2.75) is 0 Å². The summed E-state index contributed by atoms with van der Waals surface area (Å²) in [6.07, 6.45) is 1.59. The largest absolute Gasteiger partial charge is 0.412 e. The van der Waals surface area contributed by atoms with E-state index in [0.717, 1.165) is 0 Å². The van der Waals surface area contributed by atoms with E-state index >= 15 is 0 Å². The number of pyridine rings is 1. The van der Waals surface area contributed by atoms with Crippen LogP contribution in [-0.4, -0.2) is 30.8 Å². The smallest absolute Gasteiger partial charge is 0.205 e. The van der Waals surface area contributed by atoms with E-state index in [9.17, 15) is 0 Å². The molecule has 6 heteroatoms. The maximum atomic E-state index is 8.91. The van der Waals surface area contributed by atoms with Crippen molar-refractivity contribution in [2.75, 3.05) is 0 Å². The molecule has 0 amide bonds. The maximum absolute atomic E-state index is 8.91. The molecular formula is C5H6N4O2. The minimum Gasteiger partial charge on any atom is -0.412 e. The van der Waals surface area contributed by atoms with Crippen molar-refractivity contribution in [3.05, 3.63) is 18.3 Å². The highest BCUT2D eigenvalue weighted by Gasteiger charge is 1.99. The van der Waals surface area contributed by atoms with Gasteiger partial charge in [0.05, 0.1) is 0 Å². The van der Waals surface area contributed by atoms with Gasteiger partial charge in [-0.15, -0.1) is 5.10 Å². The van der Waals surface area contributed by atoms with Crippen molar-refractivity contribution in [2.24, 2.45) is 0 Å². The van der Waals surface area contributed by atoms with Gasteiger partial charge in [-0.25, -0.2) is 4.98 Å². The fourth-order valence-electron chi connectivity index (χ4n) is 0.755. The molecule has 58 valence electrons. The van der Waals surface area contributed by atoms with Crippen LogP contribution in [0.1, 0.15) is 0 Å². The van der Waals surface area contributed by atoms with Gasteiger partial charge in [0.25, 0.3) is 0 Å². The first-order chi connectivity index (χ1) is 4.88. The summed E-state index contributed by atoms with van der Waals surface area (Å²) in [6, 6.07) is 3.39. The lowest BCUT2D eigenvalue weighted by Crippen LogP contribution is -1.90. The predicted octanol–water partition coefficient (Wildman–Crippen LogP) is -0.761. The number of aromatic nitrogens is 4. The third kappa shape index (κ3) is 0.987. The van der Waals surface area contributed by atoms with E-state index in [4.69, 9.17) is 5.21 Å². The molecule has 0 spiro atoms. The van der Waals surface area contributed by atoms with Crippen LogP contribution in [0.3, 0.4) is 0 Å². The van der Waals surface area contributed by atoms with Crippen molar-refractivity contribution in [3.63, 3.8) is 0 Å². The lowest BCUT2D eigenvalue weighted by molar-refractivity contribution is 0.155. The Hall–Kier alpha value is -1.69. The van der Waals surface area contributed by atoms with Crippen LogP contribution in [0, 0.1) is 0 Å². The quantitative estimate of drug-likeness (QED) is 0.504. The van der Waals surface area contributed by atoms with Crippen molar-refractivity contribution in [3.8, 4) is 0 Å². The predicted molar refractivity (Wildman–Crippen MR) is 36.1 cm³/mol. The van der Waals surface area contributed by atoms with E-state index in [2.05, 4.69) is 15.3 Å². The van der Waals surface area contributed by atoms with Crippen LogP contribution in [0.15, 0.2) is 18.3 Å². The molecule has 0 aromatic carbocycles. The molecule has 0 aliphatic carbocycles. The molecule has 0 saturated heterocycles. The Morgan fingerprint density at radius 1 is 1.45 bits per heavy atom. The monoisotopic (exact) mass is 154 g/mol. The minimum absolute atomic E-state index is 0. The maximum Gasteiger partial charge on any atom is 0.205 e. The van der Waals surface area contributed by atoms with Gasteiger partial charge in [0.15, 0.2) is 0 Å². The van der Waals surface area contributed by atoms with Gasteiger partial charge in [0, 0.05) is 6.20 Å². The molecule has 0 atom stereocenters. The molecule has 0 radical (unpaired) electrons. The molecule has 3 N–H and O–H groups in total. The van der Waals surface area contributed by atoms with Gasteiger partial charge in [0.2, 0.25) is 5.65 Å². The second-order valence-corrected chi connectivity index (χ2v) is 1.83. The summed E-state index contributed by atoms with van der Waals surface area (Å²) in [6.45, 7) is 0. The van der Waals surface area contributed by atoms with Crippen LogP contribution in [0.25, 0.3) is 11.2 Å². The summed E-state index contributed by atoms with van der Waals surface area (Å²) in [4.78, 5) is 4.54. The molecule has 0 saturated carbocycles. The number of nitrogens with zero attached hydrogens (tertiary/aromatic N) is 4. The molecule has 0 bridgehead atoms. The lowest BCUT2D eigenvalue weighted by atomic mass is 10.4. The van der Waals surface area contributed by atoms with Gasteiger partial charge in [-0.2, -0.15) is 0 Å². The molecule has 2 aromatic rings. The number of hydrogen-bond acceptors (Lipinski definition) is 4. The first kappa shape index (κ1) is 7.42. The summed E-state index contributed by atoms with van der Waals surface area (Å²) in [5, 5.41) is 15.8. The van der Waals surface area contributed by atoms with E-state index in [-0.39, 0.29) is 5.48 Å². The van der Waals surface area contributed by atoms with E-state index in [1.54, 1.807) is 18.3 Å². The van der Waals surface area contributed by atoms with Gasteiger partial charge in [-0.1, -0.05) is 4.85 Å². The Bertz CT molecular complexity index is 358. The van der Waals surface area contributed by atoms with Gasteiger partial charge in [-0.3, -0.25) is 0 Å². The van der Waals surface area contributed by atoms with E-state index in [1.165, 1.54) is 0 Å². The normalized spacial score (nSPS) is 9.45. The molecule has 0 aliphatic heterocycles. The Morgan fingerprint density at radius 3 is 3.00 bits per heavy atom. The summed E-state index contributed by atoms with van der Waals surface area (Å²) in [7, 11) is 0. The van der Waals surface area contributed by atoms with Crippen LogP contribution in [0.4, 0.5) is 0 Å². The molecular weight excluding hydrogens is 148 g/mol. The van der Waals surface area contributed by atoms with Gasteiger partial charge < -0.3 is 10.7 Å². The van der Waals surface area contributed by atoms with Crippen molar-refractivity contribution < 1.29 is 10.7 Å². The third-order valence-corrected chi connectivity index (χ3v) is 1.21. The zero-order chi connectivity index (χ0) is 6.97. The molecule has 6 nitrogen and oxygen atoms in total. The number of hydrogen-bond donors (Lipinski definition) is 1. The highest BCUT2D eigenvalue weighted by Crippen LogP contribution is 2.02. The molecule has 2 rings (SSSR count). The van der Waals surface area contributed by atoms with Crippen LogP contribution in [-0.2, 0) is 0 Å². The summed E-state index contributed by atoms with van der Waals surface area (Å²) < 4.78 is 0. The van der Waals surface area contributed by atoms with Gasteiger partial charge in [-0.05, 0) is 17.3 Å². The number of fused-ring (bicyclic) bond motifs is 1. The lowest BCUT2D eigenvalue weighted by Gasteiger charge is -1.85. The van der Waals surface area contributed by atoms with Crippen molar-refractivity contribution >= 4 is 11.2 Å². The van der Waals surface area contributed by atoms with Gasteiger partial charge in [0.1, 0.15) is 5.52 Å². The highest BCUT2D eigenvalue weighted by molar-refractivity contribution is 5.68. The SMILES string of the molecule is O.On1nnc2ncccc21. The summed E-state index contributed by atoms with van der Waals surface area (Å²) in [5.74, 6) is 0. The zero-order valence-corrected chi connectivity index (χ0v) is 5.47. The second kappa shape index (κ2) is 2.51. The molecule has 0 fully saturated rings. The molecule has 0 aliphatic rings. The van der Waals surface area contributed by atoms with E-state index in [1.807, 2.05) is 0 Å². The molecule has 2 aromatic heterocycles. The highest BCUT2D eigenvalue weighted by atomic mass is 16.5. The Labute approximate surface area is 61.4 Å². The second-order valence-electron chi connectivity index (χ2n) is 1.83. The fraction of sp³-hybridized carbons (Fsp3) is 0. The van der Waals surface area contributed by atoms with Crippen molar-refractivity contribution in [1.82, 2.24) is 20.1 Å². The summed E-state index contributed by atoms with van der Waals surface area (Å²) >= 11 is 0. The first-order valence-corrected chi connectivity index (χ1v) is 2.73. The zero-order valence-electron chi connectivity index (χ0n) is 5.47. The minimum atomic E-state index is 0. The van der Waals surface area contributed by atoms with Gasteiger partial charge >= 0.3 is 0 Å². The molecule has 11 heavy (non-hydrogen) atoms. The average Bonchev–Trinajstić information content (AvgIpc) is 2.34. The molecule has 2 heterocycles. The summed E-state index contributed by atoms with van der Waals surface area (Å²) in [5.41, 5.74) is 0.965. The van der Waals surface area contributed by atoms with E-state index in [0.29, 0.717) is 16.0 Å². The van der Waals surface area contributed by atoms with E-state index < -0.39 is 0 Å². The third-order valence-electron chi connectivity index (χ3n) is 1.21. The Kier molecular flexibility index (Phi) is 1.69. The number of rotatable bonds is 0. The van der Waals surface area contributed by atoms with Crippen LogP contribution >= 0.6 is 0 Å². The standard InChI is InChI=1S/C5H4N4O.H2O/c10-9-4-2-1-3-6-5(4)7-8-9;/h1-3,10H;1H2. The van der Waals surface area contributed by atoms with Crippen LogP contribution in [0.2, 0.25) is 0 Å².